The van der Waals surface area contributed by atoms with Crippen LogP contribution >= 0.6 is 0 Å². The molecule has 4 atom stereocenters. The van der Waals surface area contributed by atoms with Gasteiger partial charge < -0.3 is 10.2 Å². The van der Waals surface area contributed by atoms with Crippen molar-refractivity contribution in [3.05, 3.63) is 35.9 Å². The van der Waals surface area contributed by atoms with Crippen molar-refractivity contribution in [3.8, 4) is 0 Å². The monoisotopic (exact) mass is 357 g/mol. The standard InChI is InChI=1S/C22H31NO3/c1-20-8-15-9-21(2,12-20)14-22(10-15,13-20)18(19(25)26)23-17(11-24)16-6-4-3-5-7-16/h3-7,15,17-18,23-24H,8-14H2,1-2H3,(H,25,26). The first kappa shape index (κ1) is 18.0. The highest BCUT2D eigenvalue weighted by Gasteiger charge is 2.63. The lowest BCUT2D eigenvalue weighted by Crippen LogP contribution is -2.63. The largest absolute Gasteiger partial charge is 0.480 e. The van der Waals surface area contributed by atoms with Gasteiger partial charge in [-0.2, -0.15) is 0 Å². The van der Waals surface area contributed by atoms with E-state index in [2.05, 4.69) is 19.2 Å². The topological polar surface area (TPSA) is 69.6 Å². The summed E-state index contributed by atoms with van der Waals surface area (Å²) >= 11 is 0. The number of hydrogen-bond acceptors (Lipinski definition) is 3. The van der Waals surface area contributed by atoms with Gasteiger partial charge in [0.1, 0.15) is 6.04 Å². The third-order valence-corrected chi connectivity index (χ3v) is 7.28. The molecule has 0 aromatic heterocycles. The molecule has 0 heterocycles. The predicted molar refractivity (Wildman–Crippen MR) is 101 cm³/mol. The lowest BCUT2D eigenvalue weighted by atomic mass is 9.39. The maximum absolute atomic E-state index is 12.4. The Balaban J connectivity index is 1.65. The molecule has 0 aliphatic heterocycles. The van der Waals surface area contributed by atoms with Crippen molar-refractivity contribution in [1.82, 2.24) is 5.32 Å². The van der Waals surface area contributed by atoms with Crippen LogP contribution in [0.25, 0.3) is 0 Å². The summed E-state index contributed by atoms with van der Waals surface area (Å²) in [5.41, 5.74) is 1.29. The van der Waals surface area contributed by atoms with Gasteiger partial charge >= 0.3 is 5.97 Å². The summed E-state index contributed by atoms with van der Waals surface area (Å²) in [5.74, 6) is -0.122. The van der Waals surface area contributed by atoms with Crippen molar-refractivity contribution in [1.29, 1.82) is 0 Å². The highest BCUT2D eigenvalue weighted by Crippen LogP contribution is 2.70. The smallest absolute Gasteiger partial charge is 0.321 e. The van der Waals surface area contributed by atoms with Crippen molar-refractivity contribution >= 4 is 5.97 Å². The summed E-state index contributed by atoms with van der Waals surface area (Å²) in [7, 11) is 0. The maximum Gasteiger partial charge on any atom is 0.321 e. The second-order valence-electron chi connectivity index (χ2n) is 10.1. The van der Waals surface area contributed by atoms with Gasteiger partial charge in [0.2, 0.25) is 0 Å². The summed E-state index contributed by atoms with van der Waals surface area (Å²) in [4.78, 5) is 12.4. The van der Waals surface area contributed by atoms with E-state index in [-0.39, 0.29) is 28.9 Å². The maximum atomic E-state index is 12.4. The number of rotatable bonds is 6. The minimum Gasteiger partial charge on any atom is -0.480 e. The Morgan fingerprint density at radius 1 is 1.12 bits per heavy atom. The van der Waals surface area contributed by atoms with E-state index >= 15 is 0 Å². The first-order valence-corrected chi connectivity index (χ1v) is 9.91. The molecular formula is C22H31NO3. The van der Waals surface area contributed by atoms with Crippen molar-refractivity contribution in [2.45, 2.75) is 64.5 Å². The second-order valence-corrected chi connectivity index (χ2v) is 10.1. The second kappa shape index (κ2) is 6.07. The zero-order valence-electron chi connectivity index (χ0n) is 15.9. The molecule has 4 heteroatoms. The molecule has 0 amide bonds. The van der Waals surface area contributed by atoms with Crippen LogP contribution in [-0.4, -0.2) is 28.8 Å². The molecule has 0 radical (unpaired) electrons. The number of nitrogens with one attached hydrogen (secondary N) is 1. The zero-order chi connectivity index (χ0) is 18.6. The minimum absolute atomic E-state index is 0.0954. The van der Waals surface area contributed by atoms with Gasteiger partial charge in [0.15, 0.2) is 0 Å². The summed E-state index contributed by atoms with van der Waals surface area (Å²) in [6.07, 6.45) is 6.71. The molecule has 1 aromatic rings. The Labute approximate surface area is 156 Å². The average Bonchev–Trinajstić information content (AvgIpc) is 2.52. The Kier molecular flexibility index (Phi) is 4.20. The molecule has 5 rings (SSSR count). The van der Waals surface area contributed by atoms with Gasteiger partial charge in [0, 0.05) is 0 Å². The fraction of sp³-hybridized carbons (Fsp3) is 0.682. The van der Waals surface area contributed by atoms with E-state index in [1.54, 1.807) is 0 Å². The SMILES string of the molecule is CC12CC3CC(C)(C1)CC(C(NC(CO)c1ccccc1)C(=O)O)(C3)C2. The molecule has 0 spiro atoms. The Hall–Kier alpha value is -1.39. The number of aliphatic hydroxyl groups excluding tert-OH is 1. The molecule has 4 fully saturated rings. The molecule has 3 N–H and O–H groups in total. The van der Waals surface area contributed by atoms with E-state index < -0.39 is 12.0 Å². The minimum atomic E-state index is -0.770. The highest BCUT2D eigenvalue weighted by atomic mass is 16.4. The van der Waals surface area contributed by atoms with Crippen LogP contribution in [-0.2, 0) is 4.79 Å². The van der Waals surface area contributed by atoms with Gasteiger partial charge in [0.25, 0.3) is 0 Å². The van der Waals surface area contributed by atoms with Crippen LogP contribution in [0.1, 0.15) is 64.0 Å². The Morgan fingerprint density at radius 3 is 2.23 bits per heavy atom. The van der Waals surface area contributed by atoms with Gasteiger partial charge in [-0.05, 0) is 66.3 Å². The molecular weight excluding hydrogens is 326 g/mol. The van der Waals surface area contributed by atoms with Crippen LogP contribution in [0.4, 0.5) is 0 Å². The van der Waals surface area contributed by atoms with E-state index in [1.807, 2.05) is 30.3 Å². The fourth-order valence-electron chi connectivity index (χ4n) is 7.51. The van der Waals surface area contributed by atoms with Crippen LogP contribution in [0, 0.1) is 22.2 Å². The number of hydrogen-bond donors (Lipinski definition) is 3. The summed E-state index contributed by atoms with van der Waals surface area (Å²) in [5, 5.41) is 23.4. The van der Waals surface area contributed by atoms with E-state index in [0.29, 0.717) is 5.92 Å². The zero-order valence-corrected chi connectivity index (χ0v) is 15.9. The van der Waals surface area contributed by atoms with E-state index in [0.717, 1.165) is 24.8 Å². The summed E-state index contributed by atoms with van der Waals surface area (Å²) in [6, 6.07) is 8.76. The fourth-order valence-corrected chi connectivity index (χ4v) is 7.51. The van der Waals surface area contributed by atoms with Crippen molar-refractivity contribution in [2.24, 2.45) is 22.2 Å². The van der Waals surface area contributed by atoms with Crippen LogP contribution in [0.5, 0.6) is 0 Å². The van der Waals surface area contributed by atoms with E-state index in [9.17, 15) is 15.0 Å². The number of carboxylic acids is 1. The average molecular weight is 357 g/mol. The Bertz CT molecular complexity index is 670. The van der Waals surface area contributed by atoms with Crippen LogP contribution in [0.15, 0.2) is 30.3 Å². The van der Waals surface area contributed by atoms with Gasteiger partial charge in [-0.15, -0.1) is 0 Å². The van der Waals surface area contributed by atoms with Crippen molar-refractivity contribution in [3.63, 3.8) is 0 Å². The summed E-state index contributed by atoms with van der Waals surface area (Å²) < 4.78 is 0. The van der Waals surface area contributed by atoms with Crippen LogP contribution < -0.4 is 5.32 Å². The number of benzene rings is 1. The van der Waals surface area contributed by atoms with Gasteiger partial charge in [-0.1, -0.05) is 44.2 Å². The van der Waals surface area contributed by atoms with Crippen molar-refractivity contribution in [2.75, 3.05) is 6.61 Å². The molecule has 1 aromatic carbocycles. The first-order chi connectivity index (χ1) is 12.3. The Morgan fingerprint density at radius 2 is 1.73 bits per heavy atom. The molecule has 26 heavy (non-hydrogen) atoms. The normalized spacial score (nSPS) is 40.3. The molecule has 4 saturated carbocycles. The third kappa shape index (κ3) is 2.97. The molecule has 4 unspecified atom stereocenters. The van der Waals surface area contributed by atoms with Crippen LogP contribution in [0.3, 0.4) is 0 Å². The quantitative estimate of drug-likeness (QED) is 0.725. The number of carboxylic acid groups (broad SMARTS) is 1. The highest BCUT2D eigenvalue weighted by molar-refractivity contribution is 5.75. The number of aliphatic hydroxyl groups is 1. The van der Waals surface area contributed by atoms with Gasteiger partial charge in [-0.3, -0.25) is 10.1 Å². The summed E-state index contributed by atoms with van der Waals surface area (Å²) in [6.45, 7) is 4.63. The van der Waals surface area contributed by atoms with E-state index in [4.69, 9.17) is 0 Å². The number of carbonyl (C=O) groups is 1. The number of aliphatic carboxylic acids is 1. The lowest BCUT2D eigenvalue weighted by Gasteiger charge is -2.66. The molecule has 4 bridgehead atoms. The third-order valence-electron chi connectivity index (χ3n) is 7.28. The molecule has 0 saturated heterocycles. The van der Waals surface area contributed by atoms with E-state index in [1.165, 1.54) is 19.3 Å². The lowest BCUT2D eigenvalue weighted by molar-refractivity contribution is -0.175. The molecule has 4 nitrogen and oxygen atoms in total. The van der Waals surface area contributed by atoms with Crippen molar-refractivity contribution < 1.29 is 15.0 Å². The van der Waals surface area contributed by atoms with Gasteiger partial charge in [0.05, 0.1) is 12.6 Å². The molecule has 4 aliphatic carbocycles. The molecule has 4 aliphatic rings. The van der Waals surface area contributed by atoms with Crippen LogP contribution in [0.2, 0.25) is 0 Å². The first-order valence-electron chi connectivity index (χ1n) is 9.91. The van der Waals surface area contributed by atoms with Gasteiger partial charge in [-0.25, -0.2) is 0 Å². The molecule has 142 valence electrons. The predicted octanol–water partition coefficient (Wildman–Crippen LogP) is 3.76.